The molecular formula is C24H48O6S3. The van der Waals surface area contributed by atoms with E-state index in [-0.39, 0.29) is 16.2 Å². The summed E-state index contributed by atoms with van der Waals surface area (Å²) >= 11 is 0. The zero-order valence-corrected chi connectivity index (χ0v) is 24.7. The number of rotatable bonds is 0. The van der Waals surface area contributed by atoms with Gasteiger partial charge in [-0.25, -0.2) is 25.3 Å². The fourth-order valence-electron chi connectivity index (χ4n) is 4.30. The van der Waals surface area contributed by atoms with Crippen LogP contribution in [0.4, 0.5) is 0 Å². The monoisotopic (exact) mass is 528 g/mol. The highest BCUT2D eigenvalue weighted by atomic mass is 32.2. The second kappa shape index (κ2) is 10.5. The molecule has 3 aliphatic rings. The third kappa shape index (κ3) is 11.0. The maximum Gasteiger partial charge on any atom is 0.150 e. The van der Waals surface area contributed by atoms with Gasteiger partial charge in [0.05, 0.1) is 34.5 Å². The van der Waals surface area contributed by atoms with E-state index in [4.69, 9.17) is 0 Å². The van der Waals surface area contributed by atoms with Gasteiger partial charge >= 0.3 is 0 Å². The van der Waals surface area contributed by atoms with Crippen LogP contribution in [0.15, 0.2) is 0 Å². The summed E-state index contributed by atoms with van der Waals surface area (Å²) in [4.78, 5) is 0. The predicted molar refractivity (Wildman–Crippen MR) is 139 cm³/mol. The number of sulfone groups is 3. The van der Waals surface area contributed by atoms with Crippen molar-refractivity contribution in [2.24, 2.45) is 34.0 Å². The Morgan fingerprint density at radius 1 is 0.424 bits per heavy atom. The van der Waals surface area contributed by atoms with Crippen LogP contribution in [0, 0.1) is 34.0 Å². The van der Waals surface area contributed by atoms with Crippen molar-refractivity contribution in [3.8, 4) is 0 Å². The lowest BCUT2D eigenvalue weighted by Crippen LogP contribution is -2.43. The molecule has 1 atom stereocenters. The van der Waals surface area contributed by atoms with Gasteiger partial charge in [0.2, 0.25) is 0 Å². The van der Waals surface area contributed by atoms with E-state index < -0.39 is 29.5 Å². The zero-order chi connectivity index (χ0) is 26.1. The molecule has 0 saturated carbocycles. The lowest BCUT2D eigenvalue weighted by Gasteiger charge is -2.36. The highest BCUT2D eigenvalue weighted by Gasteiger charge is 2.40. The van der Waals surface area contributed by atoms with E-state index in [9.17, 15) is 25.3 Å². The quantitative estimate of drug-likeness (QED) is 0.462. The molecule has 0 N–H and O–H groups in total. The molecule has 0 aromatic carbocycles. The molecule has 0 aromatic heterocycles. The van der Waals surface area contributed by atoms with E-state index in [1.54, 1.807) is 0 Å². The van der Waals surface area contributed by atoms with E-state index in [1.165, 1.54) is 0 Å². The minimum absolute atomic E-state index is 0.156. The molecule has 198 valence electrons. The van der Waals surface area contributed by atoms with Gasteiger partial charge in [0.15, 0.2) is 19.7 Å². The van der Waals surface area contributed by atoms with Gasteiger partial charge in [0, 0.05) is 0 Å². The van der Waals surface area contributed by atoms with E-state index in [2.05, 4.69) is 62.3 Å². The maximum atomic E-state index is 11.1. The zero-order valence-electron chi connectivity index (χ0n) is 22.3. The van der Waals surface area contributed by atoms with Gasteiger partial charge in [-0.2, -0.15) is 0 Å². The maximum absolute atomic E-state index is 11.1. The Hall–Kier alpha value is -0.150. The molecule has 0 spiro atoms. The molecule has 0 aromatic rings. The summed E-state index contributed by atoms with van der Waals surface area (Å²) in [6.45, 7) is 19.2. The van der Waals surface area contributed by atoms with Crippen LogP contribution in [0.2, 0.25) is 0 Å². The SMILES string of the molecule is CC(C)(C)C1CCS(=O)(=O)C1.CC(C)(C)C1CCS(=O)(=O)CC1.CC(C)(C)C1CS(=O)(=O)C1. The molecule has 33 heavy (non-hydrogen) atoms. The Kier molecular flexibility index (Phi) is 9.78. The van der Waals surface area contributed by atoms with E-state index >= 15 is 0 Å². The first kappa shape index (κ1) is 30.9. The second-order valence-corrected chi connectivity index (χ2v) is 20.1. The van der Waals surface area contributed by atoms with Crippen LogP contribution >= 0.6 is 0 Å². The summed E-state index contributed by atoms with van der Waals surface area (Å²) < 4.78 is 65.9. The van der Waals surface area contributed by atoms with Gasteiger partial charge in [-0.15, -0.1) is 0 Å². The average molecular weight is 529 g/mol. The van der Waals surface area contributed by atoms with Crippen LogP contribution in [-0.2, 0) is 29.5 Å². The van der Waals surface area contributed by atoms with Crippen molar-refractivity contribution in [2.75, 3.05) is 34.5 Å². The van der Waals surface area contributed by atoms with Crippen molar-refractivity contribution in [3.63, 3.8) is 0 Å². The Morgan fingerprint density at radius 2 is 0.727 bits per heavy atom. The van der Waals surface area contributed by atoms with Crippen molar-refractivity contribution in [1.29, 1.82) is 0 Å². The van der Waals surface area contributed by atoms with Gasteiger partial charge < -0.3 is 0 Å². The van der Waals surface area contributed by atoms with Crippen molar-refractivity contribution >= 4 is 29.5 Å². The summed E-state index contributed by atoms with van der Waals surface area (Å²) in [5.74, 6) is 3.73. The van der Waals surface area contributed by atoms with Crippen LogP contribution < -0.4 is 0 Å². The smallest absolute Gasteiger partial charge is 0.150 e. The van der Waals surface area contributed by atoms with Crippen LogP contribution in [-0.4, -0.2) is 59.8 Å². The van der Waals surface area contributed by atoms with Gasteiger partial charge in [-0.05, 0) is 53.3 Å². The Labute approximate surface area is 204 Å². The van der Waals surface area contributed by atoms with E-state index in [0.717, 1.165) is 19.3 Å². The van der Waals surface area contributed by atoms with Crippen LogP contribution in [0.1, 0.15) is 81.6 Å². The third-order valence-electron chi connectivity index (χ3n) is 7.37. The molecule has 6 nitrogen and oxygen atoms in total. The minimum atomic E-state index is -2.68. The summed E-state index contributed by atoms with van der Waals surface area (Å²) in [7, 11) is -7.97. The molecule has 3 heterocycles. The average Bonchev–Trinajstić information content (AvgIpc) is 2.92. The van der Waals surface area contributed by atoms with Crippen LogP contribution in [0.5, 0.6) is 0 Å². The van der Waals surface area contributed by atoms with Crippen molar-refractivity contribution < 1.29 is 25.3 Å². The van der Waals surface area contributed by atoms with Gasteiger partial charge in [0.1, 0.15) is 9.84 Å². The molecule has 3 rings (SSSR count). The van der Waals surface area contributed by atoms with Crippen molar-refractivity contribution in [3.05, 3.63) is 0 Å². The molecule has 0 aliphatic carbocycles. The highest BCUT2D eigenvalue weighted by Crippen LogP contribution is 2.36. The summed E-state index contributed by atoms with van der Waals surface area (Å²) in [6.07, 6.45) is 2.56. The predicted octanol–water partition coefficient (Wildman–Crippen LogP) is 4.40. The molecule has 3 aliphatic heterocycles. The van der Waals surface area contributed by atoms with Gasteiger partial charge in [-0.1, -0.05) is 62.3 Å². The first-order valence-corrected chi connectivity index (χ1v) is 17.5. The van der Waals surface area contributed by atoms with Gasteiger partial charge in [-0.3, -0.25) is 0 Å². The fraction of sp³-hybridized carbons (Fsp3) is 1.00. The fourth-order valence-corrected chi connectivity index (χ4v) is 10.0. The van der Waals surface area contributed by atoms with E-state index in [1.807, 2.05) is 0 Å². The van der Waals surface area contributed by atoms with Gasteiger partial charge in [0.25, 0.3) is 0 Å². The molecule has 0 amide bonds. The highest BCUT2D eigenvalue weighted by molar-refractivity contribution is 7.92. The Bertz CT molecular complexity index is 931. The van der Waals surface area contributed by atoms with E-state index in [0.29, 0.717) is 52.3 Å². The normalized spacial score (nSPS) is 27.4. The second-order valence-electron chi connectivity index (χ2n) is 13.4. The number of hydrogen-bond acceptors (Lipinski definition) is 6. The van der Waals surface area contributed by atoms with Crippen molar-refractivity contribution in [1.82, 2.24) is 0 Å². The Balaban J connectivity index is 0.000000249. The summed E-state index contributed by atoms with van der Waals surface area (Å²) in [6, 6.07) is 0. The molecule has 3 saturated heterocycles. The van der Waals surface area contributed by atoms with Crippen LogP contribution in [0.25, 0.3) is 0 Å². The lowest BCUT2D eigenvalue weighted by atomic mass is 9.77. The largest absolute Gasteiger partial charge is 0.229 e. The molecule has 9 heteroatoms. The van der Waals surface area contributed by atoms with Crippen molar-refractivity contribution in [2.45, 2.75) is 81.6 Å². The summed E-state index contributed by atoms with van der Waals surface area (Å²) in [5.41, 5.74) is 0.602. The molecule has 0 bridgehead atoms. The molecule has 0 radical (unpaired) electrons. The molecule has 1 unspecified atom stereocenters. The minimum Gasteiger partial charge on any atom is -0.229 e. The topological polar surface area (TPSA) is 102 Å². The number of hydrogen-bond donors (Lipinski definition) is 0. The lowest BCUT2D eigenvalue weighted by molar-refractivity contribution is 0.222. The first-order chi connectivity index (χ1) is 14.4. The Morgan fingerprint density at radius 3 is 0.939 bits per heavy atom. The first-order valence-electron chi connectivity index (χ1n) is 12.0. The summed E-state index contributed by atoms with van der Waals surface area (Å²) in [5, 5.41) is 0. The molecular weight excluding hydrogens is 480 g/mol. The molecule has 3 fully saturated rings. The van der Waals surface area contributed by atoms with Crippen LogP contribution in [0.3, 0.4) is 0 Å². The standard InChI is InChI=1S/C9H18O2S.C8H16O2S.C7H14O2S/c1-9(2,3)8-4-6-12(10,11)7-5-8;1-8(2,3)7-4-5-11(9,10)6-7;1-7(2,3)6-4-10(8,9)5-6/h8H,4-7H2,1-3H3;7H,4-6H2,1-3H3;6H,4-5H2,1-3H3. The third-order valence-corrected chi connectivity index (χ3v) is 12.7.